The van der Waals surface area contributed by atoms with Gasteiger partial charge in [0.25, 0.3) is 0 Å². The molecule has 1 aliphatic heterocycles. The number of hydrogen-bond donors (Lipinski definition) is 1. The molecule has 0 unspecified atom stereocenters. The molecule has 0 fully saturated rings. The van der Waals surface area contributed by atoms with Crippen molar-refractivity contribution in [2.75, 3.05) is 33.7 Å². The summed E-state index contributed by atoms with van der Waals surface area (Å²) >= 11 is 0. The summed E-state index contributed by atoms with van der Waals surface area (Å²) in [5.74, 6) is 0.819. The number of carbonyl (C=O) groups excluding carboxylic acids is 1. The Hall–Kier alpha value is -2.30. The van der Waals surface area contributed by atoms with E-state index in [1.807, 2.05) is 6.07 Å². The van der Waals surface area contributed by atoms with Crippen LogP contribution in [0.4, 0.5) is 0 Å². The molecule has 0 saturated carbocycles. The average Bonchev–Trinajstić information content (AvgIpc) is 2.59. The Balaban J connectivity index is 2.07. The summed E-state index contributed by atoms with van der Waals surface area (Å²) in [5.41, 5.74) is 2.66. The van der Waals surface area contributed by atoms with Gasteiger partial charge in [-0.3, -0.25) is 4.79 Å². The molecular weight excluding hydrogens is 300 g/mol. The standard InChI is InChI=1S/C19H28N4O/c1-15(2)21-19(20-14-18(24)22(3)4)23-12-10-17(11-13-23)16-8-6-5-7-9-16/h5-10,15H,11-14H2,1-4H3,(H,20,21). The molecule has 24 heavy (non-hydrogen) atoms. The second-order valence-corrected chi connectivity index (χ2v) is 6.52. The van der Waals surface area contributed by atoms with Gasteiger partial charge in [0.05, 0.1) is 0 Å². The molecule has 0 atom stereocenters. The summed E-state index contributed by atoms with van der Waals surface area (Å²) < 4.78 is 0. The van der Waals surface area contributed by atoms with Crippen LogP contribution in [-0.2, 0) is 4.79 Å². The topological polar surface area (TPSA) is 47.9 Å². The van der Waals surface area contributed by atoms with Gasteiger partial charge in [-0.1, -0.05) is 36.4 Å². The first-order chi connectivity index (χ1) is 11.5. The lowest BCUT2D eigenvalue weighted by atomic mass is 10.00. The van der Waals surface area contributed by atoms with Crippen molar-refractivity contribution in [3.8, 4) is 0 Å². The molecule has 0 saturated heterocycles. The van der Waals surface area contributed by atoms with Crippen LogP contribution in [0.2, 0.25) is 0 Å². The van der Waals surface area contributed by atoms with E-state index in [9.17, 15) is 4.79 Å². The lowest BCUT2D eigenvalue weighted by Gasteiger charge is -2.31. The van der Waals surface area contributed by atoms with Crippen molar-refractivity contribution in [1.29, 1.82) is 0 Å². The molecule has 1 heterocycles. The third-order valence-electron chi connectivity index (χ3n) is 3.93. The van der Waals surface area contributed by atoms with E-state index in [0.29, 0.717) is 0 Å². The second kappa shape index (κ2) is 8.52. The van der Waals surface area contributed by atoms with Crippen molar-refractivity contribution in [3.63, 3.8) is 0 Å². The quantitative estimate of drug-likeness (QED) is 0.681. The highest BCUT2D eigenvalue weighted by Gasteiger charge is 2.17. The molecule has 2 rings (SSSR count). The molecule has 1 amide bonds. The van der Waals surface area contributed by atoms with Gasteiger partial charge in [-0.05, 0) is 31.4 Å². The molecule has 0 aromatic heterocycles. The zero-order valence-electron chi connectivity index (χ0n) is 15.1. The third kappa shape index (κ3) is 5.11. The molecule has 5 heteroatoms. The van der Waals surface area contributed by atoms with Crippen LogP contribution in [0.25, 0.3) is 5.57 Å². The number of benzene rings is 1. The van der Waals surface area contributed by atoms with Crippen molar-refractivity contribution in [1.82, 2.24) is 15.1 Å². The number of rotatable bonds is 4. The fraction of sp³-hybridized carbons (Fsp3) is 0.474. The minimum atomic E-state index is 0.00980. The fourth-order valence-corrected chi connectivity index (χ4v) is 2.55. The van der Waals surface area contributed by atoms with Gasteiger partial charge in [0, 0.05) is 33.2 Å². The van der Waals surface area contributed by atoms with Gasteiger partial charge in [-0.2, -0.15) is 0 Å². The zero-order valence-corrected chi connectivity index (χ0v) is 15.1. The average molecular weight is 328 g/mol. The smallest absolute Gasteiger partial charge is 0.243 e. The summed E-state index contributed by atoms with van der Waals surface area (Å²) in [6.45, 7) is 6.04. The molecule has 0 spiro atoms. The summed E-state index contributed by atoms with van der Waals surface area (Å²) in [6, 6.07) is 10.8. The summed E-state index contributed by atoms with van der Waals surface area (Å²) in [5, 5.41) is 3.37. The fourth-order valence-electron chi connectivity index (χ4n) is 2.55. The highest BCUT2D eigenvalue weighted by Crippen LogP contribution is 2.22. The second-order valence-electron chi connectivity index (χ2n) is 6.52. The van der Waals surface area contributed by atoms with Crippen LogP contribution in [0.5, 0.6) is 0 Å². The first-order valence-electron chi connectivity index (χ1n) is 8.48. The highest BCUT2D eigenvalue weighted by atomic mass is 16.2. The maximum atomic E-state index is 11.8. The Morgan fingerprint density at radius 2 is 2.00 bits per heavy atom. The van der Waals surface area contributed by atoms with Gasteiger partial charge in [-0.15, -0.1) is 0 Å². The first kappa shape index (κ1) is 18.0. The van der Waals surface area contributed by atoms with E-state index in [-0.39, 0.29) is 18.5 Å². The van der Waals surface area contributed by atoms with E-state index in [1.165, 1.54) is 11.1 Å². The minimum absolute atomic E-state index is 0.00980. The van der Waals surface area contributed by atoms with Crippen molar-refractivity contribution < 1.29 is 4.79 Å². The highest BCUT2D eigenvalue weighted by molar-refractivity contribution is 5.85. The van der Waals surface area contributed by atoms with E-state index < -0.39 is 0 Å². The number of amides is 1. The molecule has 5 nitrogen and oxygen atoms in total. The molecule has 0 aliphatic carbocycles. The SMILES string of the molecule is CC(C)NC(=NCC(=O)N(C)C)N1CC=C(c2ccccc2)CC1. The van der Waals surface area contributed by atoms with Crippen molar-refractivity contribution in [2.24, 2.45) is 4.99 Å². The molecule has 1 aromatic rings. The number of guanidine groups is 1. The zero-order chi connectivity index (χ0) is 17.5. The van der Waals surface area contributed by atoms with E-state index in [1.54, 1.807) is 19.0 Å². The summed E-state index contributed by atoms with van der Waals surface area (Å²) in [6.07, 6.45) is 3.23. The number of carbonyl (C=O) groups is 1. The van der Waals surface area contributed by atoms with Crippen LogP contribution in [0, 0.1) is 0 Å². The number of aliphatic imine (C=N–C) groups is 1. The summed E-state index contributed by atoms with van der Waals surface area (Å²) in [7, 11) is 3.51. The lowest BCUT2D eigenvalue weighted by Crippen LogP contribution is -2.46. The van der Waals surface area contributed by atoms with Gasteiger partial charge >= 0.3 is 0 Å². The maximum absolute atomic E-state index is 11.8. The summed E-state index contributed by atoms with van der Waals surface area (Å²) in [4.78, 5) is 20.1. The molecule has 1 N–H and O–H groups in total. The Kier molecular flexibility index (Phi) is 6.41. The number of nitrogens with one attached hydrogen (secondary N) is 1. The number of likely N-dealkylation sites (N-methyl/N-ethyl adjacent to an activating group) is 1. The number of hydrogen-bond acceptors (Lipinski definition) is 2. The van der Waals surface area contributed by atoms with Crippen LogP contribution >= 0.6 is 0 Å². The predicted octanol–water partition coefficient (Wildman–Crippen LogP) is 2.22. The Labute approximate surface area is 145 Å². The van der Waals surface area contributed by atoms with E-state index in [2.05, 4.69) is 59.4 Å². The van der Waals surface area contributed by atoms with Gasteiger partial charge < -0.3 is 15.1 Å². The molecule has 0 radical (unpaired) electrons. The maximum Gasteiger partial charge on any atom is 0.243 e. The van der Waals surface area contributed by atoms with Crippen LogP contribution in [0.15, 0.2) is 41.4 Å². The van der Waals surface area contributed by atoms with Crippen molar-refractivity contribution in [2.45, 2.75) is 26.3 Å². The van der Waals surface area contributed by atoms with Crippen LogP contribution in [0.1, 0.15) is 25.8 Å². The van der Waals surface area contributed by atoms with E-state index in [0.717, 1.165) is 25.5 Å². The molecule has 1 aliphatic rings. The predicted molar refractivity (Wildman–Crippen MR) is 99.9 cm³/mol. The molecular formula is C19H28N4O. The minimum Gasteiger partial charge on any atom is -0.354 e. The Morgan fingerprint density at radius 1 is 1.29 bits per heavy atom. The van der Waals surface area contributed by atoms with Gasteiger partial charge in [0.1, 0.15) is 6.54 Å². The molecule has 0 bridgehead atoms. The van der Waals surface area contributed by atoms with E-state index in [4.69, 9.17) is 0 Å². The lowest BCUT2D eigenvalue weighted by molar-refractivity contribution is -0.127. The monoisotopic (exact) mass is 328 g/mol. The normalized spacial score (nSPS) is 15.3. The van der Waals surface area contributed by atoms with Crippen molar-refractivity contribution >= 4 is 17.4 Å². The van der Waals surface area contributed by atoms with E-state index >= 15 is 0 Å². The third-order valence-corrected chi connectivity index (χ3v) is 3.93. The Bertz CT molecular complexity index is 605. The number of nitrogens with zero attached hydrogens (tertiary/aromatic N) is 3. The van der Waals surface area contributed by atoms with Crippen LogP contribution < -0.4 is 5.32 Å². The first-order valence-corrected chi connectivity index (χ1v) is 8.48. The van der Waals surface area contributed by atoms with Crippen LogP contribution in [-0.4, -0.2) is 61.4 Å². The van der Waals surface area contributed by atoms with Gasteiger partial charge in [-0.25, -0.2) is 4.99 Å². The van der Waals surface area contributed by atoms with Crippen LogP contribution in [0.3, 0.4) is 0 Å². The Morgan fingerprint density at radius 3 is 2.54 bits per heavy atom. The van der Waals surface area contributed by atoms with Gasteiger partial charge in [0.2, 0.25) is 5.91 Å². The largest absolute Gasteiger partial charge is 0.354 e. The molecule has 130 valence electrons. The molecule has 1 aromatic carbocycles. The van der Waals surface area contributed by atoms with Crippen molar-refractivity contribution in [3.05, 3.63) is 42.0 Å². The van der Waals surface area contributed by atoms with Gasteiger partial charge in [0.15, 0.2) is 5.96 Å².